The molecule has 0 aliphatic heterocycles. The number of anilines is 1. The molecule has 1 aromatic rings. The molecular formula is C9H12N2OS. The SMILES string of the molecule is CC(=O)c1cccnc1NCCS. The predicted molar refractivity (Wildman–Crippen MR) is 56.6 cm³/mol. The molecule has 4 heteroatoms. The molecule has 0 aliphatic rings. The van der Waals surface area contributed by atoms with Crippen LogP contribution < -0.4 is 5.32 Å². The predicted octanol–water partition coefficient (Wildman–Crippen LogP) is 1.63. The van der Waals surface area contributed by atoms with Gasteiger partial charge in [0.15, 0.2) is 5.78 Å². The van der Waals surface area contributed by atoms with Gasteiger partial charge in [-0.15, -0.1) is 0 Å². The monoisotopic (exact) mass is 196 g/mol. The van der Waals surface area contributed by atoms with Gasteiger partial charge < -0.3 is 5.32 Å². The fourth-order valence-electron chi connectivity index (χ4n) is 1.00. The van der Waals surface area contributed by atoms with Gasteiger partial charge in [-0.1, -0.05) is 0 Å². The van der Waals surface area contributed by atoms with Gasteiger partial charge in [-0.05, 0) is 19.1 Å². The topological polar surface area (TPSA) is 42.0 Å². The van der Waals surface area contributed by atoms with E-state index < -0.39 is 0 Å². The van der Waals surface area contributed by atoms with Crippen LogP contribution in [0.5, 0.6) is 0 Å². The molecular weight excluding hydrogens is 184 g/mol. The number of hydrogen-bond acceptors (Lipinski definition) is 4. The van der Waals surface area contributed by atoms with Crippen LogP contribution in [0.25, 0.3) is 0 Å². The van der Waals surface area contributed by atoms with Crippen molar-refractivity contribution in [1.29, 1.82) is 0 Å². The lowest BCUT2D eigenvalue weighted by Crippen LogP contribution is -2.08. The summed E-state index contributed by atoms with van der Waals surface area (Å²) in [6.45, 7) is 2.24. The molecule has 0 aliphatic carbocycles. The highest BCUT2D eigenvalue weighted by Crippen LogP contribution is 2.11. The van der Waals surface area contributed by atoms with Crippen LogP contribution >= 0.6 is 12.6 Å². The summed E-state index contributed by atoms with van der Waals surface area (Å²) in [4.78, 5) is 15.2. The van der Waals surface area contributed by atoms with Gasteiger partial charge in [0, 0.05) is 18.5 Å². The maximum absolute atomic E-state index is 11.1. The van der Waals surface area contributed by atoms with E-state index >= 15 is 0 Å². The van der Waals surface area contributed by atoms with Crippen LogP contribution in [0, 0.1) is 0 Å². The molecule has 0 unspecified atom stereocenters. The minimum atomic E-state index is 0.0229. The van der Waals surface area contributed by atoms with Crippen molar-refractivity contribution in [2.45, 2.75) is 6.92 Å². The van der Waals surface area contributed by atoms with Crippen LogP contribution in [0.1, 0.15) is 17.3 Å². The summed E-state index contributed by atoms with van der Waals surface area (Å²) < 4.78 is 0. The summed E-state index contributed by atoms with van der Waals surface area (Å²) in [5.74, 6) is 1.38. The summed E-state index contributed by atoms with van der Waals surface area (Å²) in [6.07, 6.45) is 1.66. The average Bonchev–Trinajstić information content (AvgIpc) is 2.15. The molecule has 0 fully saturated rings. The van der Waals surface area contributed by atoms with E-state index in [1.54, 1.807) is 18.3 Å². The van der Waals surface area contributed by atoms with Gasteiger partial charge in [0.2, 0.25) is 0 Å². The molecule has 3 nitrogen and oxygen atoms in total. The maximum atomic E-state index is 11.1. The Balaban J connectivity index is 2.84. The Bertz CT molecular complexity index is 301. The van der Waals surface area contributed by atoms with Crippen LogP contribution in [0.3, 0.4) is 0 Å². The minimum absolute atomic E-state index is 0.0229. The Hall–Kier alpha value is -1.03. The van der Waals surface area contributed by atoms with Crippen molar-refractivity contribution in [1.82, 2.24) is 4.98 Å². The van der Waals surface area contributed by atoms with Crippen LogP contribution in [-0.2, 0) is 0 Å². The fraction of sp³-hybridized carbons (Fsp3) is 0.333. The highest BCUT2D eigenvalue weighted by atomic mass is 32.1. The molecule has 0 saturated heterocycles. The first-order valence-corrected chi connectivity index (χ1v) is 4.69. The Kier molecular flexibility index (Phi) is 3.76. The maximum Gasteiger partial charge on any atom is 0.163 e. The number of ketones is 1. The van der Waals surface area contributed by atoms with E-state index in [0.717, 1.165) is 0 Å². The number of rotatable bonds is 4. The Morgan fingerprint density at radius 2 is 2.46 bits per heavy atom. The number of aromatic nitrogens is 1. The molecule has 1 rings (SSSR count). The third-order valence-electron chi connectivity index (χ3n) is 1.59. The fourth-order valence-corrected chi connectivity index (χ4v) is 1.12. The summed E-state index contributed by atoms with van der Waals surface area (Å²) in [6, 6.07) is 3.51. The number of nitrogens with one attached hydrogen (secondary N) is 1. The zero-order valence-corrected chi connectivity index (χ0v) is 8.34. The number of thiol groups is 1. The zero-order chi connectivity index (χ0) is 9.68. The second kappa shape index (κ2) is 4.87. The van der Waals surface area contributed by atoms with Crippen LogP contribution in [0.4, 0.5) is 5.82 Å². The first kappa shape index (κ1) is 10.1. The molecule has 0 aromatic carbocycles. The lowest BCUT2D eigenvalue weighted by molar-refractivity contribution is 0.101. The van der Waals surface area contributed by atoms with Crippen molar-refractivity contribution < 1.29 is 4.79 Å². The van der Waals surface area contributed by atoms with Gasteiger partial charge in [0.25, 0.3) is 0 Å². The third-order valence-corrected chi connectivity index (χ3v) is 1.81. The number of pyridine rings is 1. The van der Waals surface area contributed by atoms with Crippen LogP contribution in [0.2, 0.25) is 0 Å². The van der Waals surface area contributed by atoms with Crippen molar-refractivity contribution in [2.24, 2.45) is 0 Å². The van der Waals surface area contributed by atoms with Crippen molar-refractivity contribution in [3.05, 3.63) is 23.9 Å². The normalized spacial score (nSPS) is 9.69. The summed E-state index contributed by atoms with van der Waals surface area (Å²) in [5.41, 5.74) is 0.629. The number of Topliss-reactive ketones (excluding diaryl/α,β-unsaturated/α-hetero) is 1. The Morgan fingerprint density at radius 3 is 3.08 bits per heavy atom. The van der Waals surface area contributed by atoms with E-state index in [2.05, 4.69) is 22.9 Å². The molecule has 1 aromatic heterocycles. The molecule has 1 N–H and O–H groups in total. The molecule has 0 bridgehead atoms. The lowest BCUT2D eigenvalue weighted by atomic mass is 10.2. The minimum Gasteiger partial charge on any atom is -0.369 e. The van der Waals surface area contributed by atoms with E-state index in [1.807, 2.05) is 0 Å². The van der Waals surface area contributed by atoms with E-state index in [0.29, 0.717) is 23.7 Å². The first-order valence-electron chi connectivity index (χ1n) is 4.06. The van der Waals surface area contributed by atoms with E-state index in [-0.39, 0.29) is 5.78 Å². The second-order valence-corrected chi connectivity index (χ2v) is 3.05. The number of hydrogen-bond donors (Lipinski definition) is 2. The number of nitrogens with zero attached hydrogens (tertiary/aromatic N) is 1. The van der Waals surface area contributed by atoms with Crippen LogP contribution in [0.15, 0.2) is 18.3 Å². The van der Waals surface area contributed by atoms with E-state index in [9.17, 15) is 4.79 Å². The molecule has 1 heterocycles. The molecule has 13 heavy (non-hydrogen) atoms. The van der Waals surface area contributed by atoms with E-state index in [4.69, 9.17) is 0 Å². The third kappa shape index (κ3) is 2.73. The molecule has 0 atom stereocenters. The van der Waals surface area contributed by atoms with Crippen LogP contribution in [-0.4, -0.2) is 23.1 Å². The van der Waals surface area contributed by atoms with Crippen molar-refractivity contribution in [3.8, 4) is 0 Å². The van der Waals surface area contributed by atoms with Gasteiger partial charge in [0.05, 0.1) is 5.56 Å². The molecule has 0 spiro atoms. The van der Waals surface area contributed by atoms with Gasteiger partial charge in [0.1, 0.15) is 5.82 Å². The van der Waals surface area contributed by atoms with Gasteiger partial charge >= 0.3 is 0 Å². The average molecular weight is 196 g/mol. The standard InChI is InChI=1S/C9H12N2OS/c1-7(12)8-3-2-4-10-9(8)11-5-6-13/h2-4,13H,5-6H2,1H3,(H,10,11). The zero-order valence-electron chi connectivity index (χ0n) is 7.45. The molecule has 70 valence electrons. The van der Waals surface area contributed by atoms with Crippen molar-refractivity contribution in [3.63, 3.8) is 0 Å². The van der Waals surface area contributed by atoms with Gasteiger partial charge in [-0.2, -0.15) is 12.6 Å². The van der Waals surface area contributed by atoms with Crippen molar-refractivity contribution >= 4 is 24.2 Å². The van der Waals surface area contributed by atoms with Gasteiger partial charge in [-0.3, -0.25) is 4.79 Å². The number of carbonyl (C=O) groups excluding carboxylic acids is 1. The largest absolute Gasteiger partial charge is 0.369 e. The summed E-state index contributed by atoms with van der Waals surface area (Å²) in [7, 11) is 0. The van der Waals surface area contributed by atoms with Crippen molar-refractivity contribution in [2.75, 3.05) is 17.6 Å². The second-order valence-electron chi connectivity index (χ2n) is 2.61. The van der Waals surface area contributed by atoms with Gasteiger partial charge in [-0.25, -0.2) is 4.98 Å². The quantitative estimate of drug-likeness (QED) is 0.568. The molecule has 0 radical (unpaired) electrons. The smallest absolute Gasteiger partial charge is 0.163 e. The summed E-state index contributed by atoms with van der Waals surface area (Å²) in [5, 5.41) is 3.04. The highest BCUT2D eigenvalue weighted by Gasteiger charge is 2.05. The molecule has 0 amide bonds. The Labute approximate surface area is 83.0 Å². The molecule has 0 saturated carbocycles. The lowest BCUT2D eigenvalue weighted by Gasteiger charge is -2.06. The summed E-state index contributed by atoms with van der Waals surface area (Å²) >= 11 is 4.06. The first-order chi connectivity index (χ1) is 6.25. The highest BCUT2D eigenvalue weighted by molar-refractivity contribution is 7.80. The van der Waals surface area contributed by atoms with E-state index in [1.165, 1.54) is 6.92 Å². The number of carbonyl (C=O) groups is 1. The Morgan fingerprint density at radius 1 is 1.69 bits per heavy atom.